The van der Waals surface area contributed by atoms with Crippen LogP contribution in [0.15, 0.2) is 54.7 Å². The van der Waals surface area contributed by atoms with Crippen LogP contribution in [-0.4, -0.2) is 17.5 Å². The van der Waals surface area contributed by atoms with Crippen LogP contribution in [0.4, 0.5) is 0 Å². The topological polar surface area (TPSA) is 54.1 Å². The molecule has 3 aromatic rings. The summed E-state index contributed by atoms with van der Waals surface area (Å²) in [7, 11) is 0. The lowest BCUT2D eigenvalue weighted by atomic mass is 10.1. The van der Waals surface area contributed by atoms with E-state index in [9.17, 15) is 4.79 Å². The molecule has 4 heteroatoms. The number of fused-ring (bicyclic) bond motifs is 1. The molecule has 0 bridgehead atoms. The van der Waals surface area contributed by atoms with Crippen LogP contribution in [-0.2, 0) is 17.8 Å². The molecular formula is C20H22N2O2. The highest BCUT2D eigenvalue weighted by Gasteiger charge is 2.07. The Balaban J connectivity index is 1.56. The van der Waals surface area contributed by atoms with Crippen molar-refractivity contribution in [3.8, 4) is 5.75 Å². The highest BCUT2D eigenvalue weighted by atomic mass is 16.5. The first-order valence-corrected chi connectivity index (χ1v) is 8.29. The van der Waals surface area contributed by atoms with E-state index in [-0.39, 0.29) is 12.5 Å². The van der Waals surface area contributed by atoms with Crippen molar-refractivity contribution >= 4 is 16.8 Å². The minimum atomic E-state index is -0.123. The Hall–Kier alpha value is -2.75. The summed E-state index contributed by atoms with van der Waals surface area (Å²) in [6.07, 6.45) is 4.17. The molecule has 24 heavy (non-hydrogen) atoms. The number of carbonyl (C=O) groups excluding carboxylic acids is 1. The smallest absolute Gasteiger partial charge is 0.258 e. The van der Waals surface area contributed by atoms with Gasteiger partial charge in [0.25, 0.3) is 5.91 Å². The Morgan fingerprint density at radius 2 is 2.00 bits per heavy atom. The molecule has 1 heterocycles. The van der Waals surface area contributed by atoms with Crippen molar-refractivity contribution in [2.75, 3.05) is 6.61 Å². The SMILES string of the molecule is CCCc1c[nH]c2ccc(OCC(=O)NCc3ccccc3)cc12. The molecule has 0 aliphatic heterocycles. The fourth-order valence-corrected chi connectivity index (χ4v) is 2.72. The number of rotatable bonds is 7. The summed E-state index contributed by atoms with van der Waals surface area (Å²) in [5.74, 6) is 0.594. The summed E-state index contributed by atoms with van der Waals surface area (Å²) in [4.78, 5) is 15.2. The summed E-state index contributed by atoms with van der Waals surface area (Å²) in [6.45, 7) is 2.70. The predicted molar refractivity (Wildman–Crippen MR) is 96.1 cm³/mol. The molecule has 0 atom stereocenters. The Morgan fingerprint density at radius 3 is 2.79 bits per heavy atom. The van der Waals surface area contributed by atoms with Gasteiger partial charge in [-0.25, -0.2) is 0 Å². The standard InChI is InChI=1S/C20H22N2O2/c1-2-6-16-13-21-19-10-9-17(11-18(16)19)24-14-20(23)22-12-15-7-4-3-5-8-15/h3-5,7-11,13,21H,2,6,12,14H2,1H3,(H,22,23). The molecule has 0 unspecified atom stereocenters. The van der Waals surface area contributed by atoms with Gasteiger partial charge in [0.15, 0.2) is 6.61 Å². The molecule has 0 fully saturated rings. The molecule has 2 N–H and O–H groups in total. The molecule has 0 aliphatic rings. The number of ether oxygens (including phenoxy) is 1. The van der Waals surface area contributed by atoms with E-state index in [1.807, 2.05) is 54.7 Å². The van der Waals surface area contributed by atoms with Gasteiger partial charge in [-0.15, -0.1) is 0 Å². The van der Waals surface area contributed by atoms with E-state index in [0.29, 0.717) is 12.3 Å². The molecule has 3 rings (SSSR count). The Kier molecular flexibility index (Phi) is 5.16. The second-order valence-electron chi connectivity index (χ2n) is 5.82. The van der Waals surface area contributed by atoms with Gasteiger partial charge in [-0.1, -0.05) is 43.7 Å². The fraction of sp³-hybridized carbons (Fsp3) is 0.250. The number of aromatic nitrogens is 1. The molecule has 0 saturated carbocycles. The van der Waals surface area contributed by atoms with Crippen LogP contribution in [0.3, 0.4) is 0 Å². The van der Waals surface area contributed by atoms with E-state index in [4.69, 9.17) is 4.74 Å². The van der Waals surface area contributed by atoms with Crippen LogP contribution < -0.4 is 10.1 Å². The van der Waals surface area contributed by atoms with Gasteiger partial charge in [-0.2, -0.15) is 0 Å². The van der Waals surface area contributed by atoms with Crippen LogP contribution in [0.1, 0.15) is 24.5 Å². The maximum Gasteiger partial charge on any atom is 0.258 e. The van der Waals surface area contributed by atoms with Gasteiger partial charge in [-0.05, 0) is 35.7 Å². The van der Waals surface area contributed by atoms with E-state index in [1.54, 1.807) is 0 Å². The van der Waals surface area contributed by atoms with Crippen LogP contribution in [0.2, 0.25) is 0 Å². The number of aromatic amines is 1. The molecule has 1 amide bonds. The van der Waals surface area contributed by atoms with Gasteiger partial charge in [0.05, 0.1) is 0 Å². The lowest BCUT2D eigenvalue weighted by Gasteiger charge is -2.08. The molecule has 1 aromatic heterocycles. The lowest BCUT2D eigenvalue weighted by Crippen LogP contribution is -2.28. The third-order valence-corrected chi connectivity index (χ3v) is 3.96. The molecule has 0 radical (unpaired) electrons. The Labute approximate surface area is 141 Å². The number of hydrogen-bond donors (Lipinski definition) is 2. The second kappa shape index (κ2) is 7.68. The average Bonchev–Trinajstić information content (AvgIpc) is 3.02. The number of aryl methyl sites for hydroxylation is 1. The van der Waals surface area contributed by atoms with Gasteiger partial charge in [0.1, 0.15) is 5.75 Å². The van der Waals surface area contributed by atoms with Crippen molar-refractivity contribution in [2.24, 2.45) is 0 Å². The largest absolute Gasteiger partial charge is 0.484 e. The quantitative estimate of drug-likeness (QED) is 0.695. The van der Waals surface area contributed by atoms with Gasteiger partial charge in [0, 0.05) is 23.6 Å². The minimum absolute atomic E-state index is 0.0197. The summed E-state index contributed by atoms with van der Waals surface area (Å²) in [6, 6.07) is 15.7. The first kappa shape index (κ1) is 16.1. The van der Waals surface area contributed by atoms with E-state index < -0.39 is 0 Å². The van der Waals surface area contributed by atoms with Crippen molar-refractivity contribution in [1.29, 1.82) is 0 Å². The van der Waals surface area contributed by atoms with Gasteiger partial charge in [0.2, 0.25) is 0 Å². The molecule has 0 spiro atoms. The number of nitrogens with one attached hydrogen (secondary N) is 2. The van der Waals surface area contributed by atoms with Crippen molar-refractivity contribution in [3.05, 3.63) is 65.9 Å². The number of carbonyl (C=O) groups is 1. The van der Waals surface area contributed by atoms with Crippen molar-refractivity contribution in [3.63, 3.8) is 0 Å². The summed E-state index contributed by atoms with van der Waals surface area (Å²) in [5, 5.41) is 4.03. The summed E-state index contributed by atoms with van der Waals surface area (Å²) < 4.78 is 5.64. The zero-order valence-electron chi connectivity index (χ0n) is 13.8. The summed E-state index contributed by atoms with van der Waals surface area (Å²) in [5.41, 5.74) is 3.45. The van der Waals surface area contributed by atoms with Crippen LogP contribution in [0.5, 0.6) is 5.75 Å². The second-order valence-corrected chi connectivity index (χ2v) is 5.82. The Morgan fingerprint density at radius 1 is 1.17 bits per heavy atom. The Bertz CT molecular complexity index is 809. The van der Waals surface area contributed by atoms with Crippen molar-refractivity contribution in [2.45, 2.75) is 26.3 Å². The third-order valence-electron chi connectivity index (χ3n) is 3.96. The van der Waals surface area contributed by atoms with E-state index in [1.165, 1.54) is 10.9 Å². The first-order valence-electron chi connectivity index (χ1n) is 8.29. The highest BCUT2D eigenvalue weighted by molar-refractivity contribution is 5.85. The van der Waals surface area contributed by atoms with Gasteiger partial charge >= 0.3 is 0 Å². The van der Waals surface area contributed by atoms with E-state index in [2.05, 4.69) is 17.2 Å². The van der Waals surface area contributed by atoms with E-state index >= 15 is 0 Å². The fourth-order valence-electron chi connectivity index (χ4n) is 2.72. The van der Waals surface area contributed by atoms with Gasteiger partial charge < -0.3 is 15.0 Å². The predicted octanol–water partition coefficient (Wildman–Crippen LogP) is 3.82. The van der Waals surface area contributed by atoms with Crippen molar-refractivity contribution in [1.82, 2.24) is 10.3 Å². The zero-order chi connectivity index (χ0) is 16.8. The number of H-pyrrole nitrogens is 1. The molecule has 124 valence electrons. The van der Waals surface area contributed by atoms with Crippen molar-refractivity contribution < 1.29 is 9.53 Å². The zero-order valence-corrected chi connectivity index (χ0v) is 13.8. The minimum Gasteiger partial charge on any atom is -0.484 e. The lowest BCUT2D eigenvalue weighted by molar-refractivity contribution is -0.123. The normalized spacial score (nSPS) is 10.7. The first-order chi connectivity index (χ1) is 11.8. The molecule has 0 aliphatic carbocycles. The monoisotopic (exact) mass is 322 g/mol. The van der Waals surface area contributed by atoms with Crippen LogP contribution >= 0.6 is 0 Å². The van der Waals surface area contributed by atoms with Crippen LogP contribution in [0.25, 0.3) is 10.9 Å². The van der Waals surface area contributed by atoms with Gasteiger partial charge in [-0.3, -0.25) is 4.79 Å². The van der Waals surface area contributed by atoms with E-state index in [0.717, 1.165) is 23.9 Å². The molecule has 2 aromatic carbocycles. The highest BCUT2D eigenvalue weighted by Crippen LogP contribution is 2.24. The molecule has 0 saturated heterocycles. The average molecular weight is 322 g/mol. The number of hydrogen-bond acceptors (Lipinski definition) is 2. The van der Waals surface area contributed by atoms with Crippen LogP contribution in [0, 0.1) is 0 Å². The third kappa shape index (κ3) is 3.96. The maximum absolute atomic E-state index is 11.9. The number of amides is 1. The maximum atomic E-state index is 11.9. The molecular weight excluding hydrogens is 300 g/mol. The number of benzene rings is 2. The summed E-state index contributed by atoms with van der Waals surface area (Å²) >= 11 is 0. The molecule has 4 nitrogen and oxygen atoms in total.